The number of ether oxygens (including phenoxy) is 1. The number of morpholine rings is 1. The number of nitrogens with two attached hydrogens (primary N) is 1. The number of carbonyl (C=O) groups excluding carboxylic acids is 1. The third-order valence-corrected chi connectivity index (χ3v) is 4.32. The summed E-state index contributed by atoms with van der Waals surface area (Å²) in [5.74, 6) is -1.37. The number of carbonyl (C=O) groups is 1. The van der Waals surface area contributed by atoms with Crippen LogP contribution in [0, 0.1) is 5.82 Å². The fourth-order valence-corrected chi connectivity index (χ4v) is 2.90. The molecule has 2 aromatic rings. The van der Waals surface area contributed by atoms with Crippen LogP contribution in [0.4, 0.5) is 4.39 Å². The van der Waals surface area contributed by atoms with Crippen LogP contribution in [0.5, 0.6) is 0 Å². The third kappa shape index (κ3) is 2.67. The number of hydrogen-bond donors (Lipinski definition) is 2. The molecule has 24 heavy (non-hydrogen) atoms. The van der Waals surface area contributed by atoms with E-state index in [-0.39, 0.29) is 17.7 Å². The van der Waals surface area contributed by atoms with Gasteiger partial charge in [0.15, 0.2) is 11.5 Å². The van der Waals surface area contributed by atoms with Crippen molar-refractivity contribution in [3.63, 3.8) is 0 Å². The Morgan fingerprint density at radius 2 is 2.25 bits per heavy atom. The minimum Gasteiger partial charge on any atom is -0.369 e. The fraction of sp³-hybridized carbons (Fsp3) is 0.438. The lowest BCUT2D eigenvalue weighted by Crippen LogP contribution is -2.33. The van der Waals surface area contributed by atoms with Crippen LogP contribution >= 0.6 is 0 Å². The Bertz CT molecular complexity index is 764. The lowest BCUT2D eigenvalue weighted by Gasteiger charge is -2.23. The molecule has 2 aromatic heterocycles. The van der Waals surface area contributed by atoms with Gasteiger partial charge in [-0.1, -0.05) is 0 Å². The van der Waals surface area contributed by atoms with E-state index in [1.54, 1.807) is 18.3 Å². The highest BCUT2D eigenvalue weighted by molar-refractivity contribution is 5.92. The van der Waals surface area contributed by atoms with Crippen LogP contribution in [-0.4, -0.2) is 40.4 Å². The van der Waals surface area contributed by atoms with Gasteiger partial charge in [0.25, 0.3) is 5.91 Å². The van der Waals surface area contributed by atoms with Gasteiger partial charge in [-0.3, -0.25) is 9.78 Å². The molecule has 8 heteroatoms. The van der Waals surface area contributed by atoms with Crippen LogP contribution < -0.4 is 11.1 Å². The van der Waals surface area contributed by atoms with Crippen molar-refractivity contribution in [1.82, 2.24) is 20.1 Å². The van der Waals surface area contributed by atoms with Crippen LogP contribution in [0.3, 0.4) is 0 Å². The van der Waals surface area contributed by atoms with Crippen LogP contribution in [0.25, 0.3) is 5.69 Å². The van der Waals surface area contributed by atoms with Crippen molar-refractivity contribution in [2.45, 2.75) is 24.9 Å². The average molecular weight is 331 g/mol. The zero-order valence-corrected chi connectivity index (χ0v) is 13.0. The Kier molecular flexibility index (Phi) is 3.78. The van der Waals surface area contributed by atoms with Crippen LogP contribution in [0.1, 0.15) is 46.7 Å². The largest absolute Gasteiger partial charge is 0.369 e. The lowest BCUT2D eigenvalue weighted by atomic mass is 10.2. The average Bonchev–Trinajstić information content (AvgIpc) is 3.38. The molecular weight excluding hydrogens is 313 g/mol. The number of halogens is 1. The number of amides is 1. The Labute approximate surface area is 138 Å². The van der Waals surface area contributed by atoms with Crippen molar-refractivity contribution in [3.05, 3.63) is 41.2 Å². The van der Waals surface area contributed by atoms with Crippen molar-refractivity contribution in [3.8, 4) is 5.69 Å². The SMILES string of the molecule is NC(=O)c1c(F)c(C2CC2)nn1-c1ccc([C@H]2CNCCO2)nc1. The van der Waals surface area contributed by atoms with Crippen molar-refractivity contribution in [2.24, 2.45) is 5.73 Å². The molecule has 1 amide bonds. The predicted octanol–water partition coefficient (Wildman–Crippen LogP) is 1.04. The molecular formula is C16H18FN5O2. The second-order valence-corrected chi connectivity index (χ2v) is 6.10. The molecule has 0 aromatic carbocycles. The monoisotopic (exact) mass is 331 g/mol. The second kappa shape index (κ2) is 5.95. The number of nitrogens with one attached hydrogen (secondary N) is 1. The van der Waals surface area contributed by atoms with Crippen molar-refractivity contribution in [2.75, 3.05) is 19.7 Å². The number of rotatable bonds is 4. The summed E-state index contributed by atoms with van der Waals surface area (Å²) in [6.45, 7) is 2.16. The van der Waals surface area contributed by atoms with Gasteiger partial charge < -0.3 is 15.8 Å². The van der Waals surface area contributed by atoms with Crippen molar-refractivity contribution < 1.29 is 13.9 Å². The molecule has 1 saturated heterocycles. The standard InChI is InChI=1S/C16H18FN5O2/c17-13-14(9-1-2-9)21-22(15(13)16(18)23)10-3-4-11(20-7-10)12-8-19-5-6-24-12/h3-4,7,9,12,19H,1-2,5-6,8H2,(H2,18,23)/t12-/m1/s1. The summed E-state index contributed by atoms with van der Waals surface area (Å²) in [5.41, 5.74) is 6.72. The molecule has 1 aliphatic heterocycles. The van der Waals surface area contributed by atoms with Gasteiger partial charge in [0.05, 0.1) is 24.2 Å². The predicted molar refractivity (Wildman–Crippen MR) is 83.4 cm³/mol. The number of pyridine rings is 1. The molecule has 2 aliphatic rings. The van der Waals surface area contributed by atoms with Crippen LogP contribution in [-0.2, 0) is 4.74 Å². The number of hydrogen-bond acceptors (Lipinski definition) is 5. The highest BCUT2D eigenvalue weighted by atomic mass is 19.1. The third-order valence-electron chi connectivity index (χ3n) is 4.32. The van der Waals surface area contributed by atoms with E-state index < -0.39 is 11.7 Å². The van der Waals surface area contributed by atoms with E-state index in [1.807, 2.05) is 0 Å². The quantitative estimate of drug-likeness (QED) is 0.873. The highest BCUT2D eigenvalue weighted by Gasteiger charge is 2.34. The number of aromatic nitrogens is 3. The van der Waals surface area contributed by atoms with E-state index in [0.717, 1.165) is 25.1 Å². The molecule has 0 radical (unpaired) electrons. The first-order valence-electron chi connectivity index (χ1n) is 8.02. The maximum atomic E-state index is 14.5. The van der Waals surface area contributed by atoms with Gasteiger partial charge in [0.1, 0.15) is 11.8 Å². The van der Waals surface area contributed by atoms with Crippen LogP contribution in [0.15, 0.2) is 18.3 Å². The topological polar surface area (TPSA) is 95.1 Å². The Hall–Kier alpha value is -2.32. The van der Waals surface area contributed by atoms with E-state index in [4.69, 9.17) is 10.5 Å². The Morgan fingerprint density at radius 1 is 1.42 bits per heavy atom. The first-order valence-corrected chi connectivity index (χ1v) is 8.02. The molecule has 1 atom stereocenters. The molecule has 1 aliphatic carbocycles. The molecule has 7 nitrogen and oxygen atoms in total. The maximum Gasteiger partial charge on any atom is 0.270 e. The van der Waals surface area contributed by atoms with Gasteiger partial charge in [-0.25, -0.2) is 9.07 Å². The van der Waals surface area contributed by atoms with E-state index in [9.17, 15) is 9.18 Å². The first kappa shape index (κ1) is 15.2. The van der Waals surface area contributed by atoms with Gasteiger partial charge in [-0.05, 0) is 25.0 Å². The summed E-state index contributed by atoms with van der Waals surface area (Å²) >= 11 is 0. The van der Waals surface area contributed by atoms with E-state index in [1.165, 1.54) is 4.68 Å². The molecule has 3 heterocycles. The van der Waals surface area contributed by atoms with Crippen molar-refractivity contribution >= 4 is 5.91 Å². The molecule has 4 rings (SSSR count). The molecule has 0 spiro atoms. The summed E-state index contributed by atoms with van der Waals surface area (Å²) in [4.78, 5) is 16.0. The first-order chi connectivity index (χ1) is 11.6. The highest BCUT2D eigenvalue weighted by Crippen LogP contribution is 2.41. The fourth-order valence-electron chi connectivity index (χ4n) is 2.90. The summed E-state index contributed by atoms with van der Waals surface area (Å²) < 4.78 is 21.4. The molecule has 0 unspecified atom stereocenters. The summed E-state index contributed by atoms with van der Waals surface area (Å²) in [6.07, 6.45) is 3.22. The van der Waals surface area contributed by atoms with Gasteiger partial charge in [0.2, 0.25) is 0 Å². The maximum absolute atomic E-state index is 14.5. The zero-order valence-electron chi connectivity index (χ0n) is 13.0. The van der Waals surface area contributed by atoms with E-state index >= 15 is 0 Å². The molecule has 1 saturated carbocycles. The van der Waals surface area contributed by atoms with E-state index in [0.29, 0.717) is 24.5 Å². The van der Waals surface area contributed by atoms with Crippen molar-refractivity contribution in [1.29, 1.82) is 0 Å². The molecule has 0 bridgehead atoms. The summed E-state index contributed by atoms with van der Waals surface area (Å²) in [7, 11) is 0. The number of primary amides is 1. The minimum atomic E-state index is -0.837. The minimum absolute atomic E-state index is 0.0818. The normalized spacial score (nSPS) is 21.0. The van der Waals surface area contributed by atoms with Crippen LogP contribution in [0.2, 0.25) is 0 Å². The van der Waals surface area contributed by atoms with Gasteiger partial charge >= 0.3 is 0 Å². The Morgan fingerprint density at radius 3 is 2.83 bits per heavy atom. The second-order valence-electron chi connectivity index (χ2n) is 6.10. The summed E-state index contributed by atoms with van der Waals surface area (Å²) in [5, 5.41) is 7.50. The lowest BCUT2D eigenvalue weighted by molar-refractivity contribution is 0.0250. The number of nitrogens with zero attached hydrogens (tertiary/aromatic N) is 3. The van der Waals surface area contributed by atoms with E-state index in [2.05, 4.69) is 15.4 Å². The van der Waals surface area contributed by atoms with Gasteiger partial charge in [-0.2, -0.15) is 5.10 Å². The van der Waals surface area contributed by atoms with Gasteiger partial charge in [-0.15, -0.1) is 0 Å². The molecule has 126 valence electrons. The molecule has 2 fully saturated rings. The van der Waals surface area contributed by atoms with Gasteiger partial charge in [0, 0.05) is 19.0 Å². The Balaban J connectivity index is 1.68. The zero-order chi connectivity index (χ0) is 16.7. The molecule has 3 N–H and O–H groups in total. The smallest absolute Gasteiger partial charge is 0.270 e. The summed E-state index contributed by atoms with van der Waals surface area (Å²) in [6, 6.07) is 3.55.